The predicted octanol–water partition coefficient (Wildman–Crippen LogP) is 0.152. The number of likely N-dealkylation sites (N-methyl/N-ethyl adjacent to an activating group) is 1. The smallest absolute Gasteiger partial charge is 0.329 e. The Hall–Kier alpha value is -2.88. The third kappa shape index (κ3) is 5.35. The number of ether oxygens (including phenoxy) is 1. The van der Waals surface area contributed by atoms with Crippen LogP contribution in [-0.2, 0) is 19.1 Å². The molecule has 0 saturated heterocycles. The lowest BCUT2D eigenvalue weighted by Gasteiger charge is -2.24. The van der Waals surface area contributed by atoms with Crippen molar-refractivity contribution in [2.24, 2.45) is 0 Å². The van der Waals surface area contributed by atoms with Crippen molar-refractivity contribution in [3.05, 3.63) is 35.4 Å². The van der Waals surface area contributed by atoms with Gasteiger partial charge in [0.05, 0.1) is 17.7 Å². The number of esters is 1. The number of hydrogen-bond donors (Lipinski definition) is 1. The van der Waals surface area contributed by atoms with E-state index >= 15 is 0 Å². The number of carbonyl (C=O) groups excluding carboxylic acids is 5. The summed E-state index contributed by atoms with van der Waals surface area (Å²) in [5.41, 5.74) is 0.471. The fraction of sp³-hybridized carbons (Fsp3) is 0.421. The van der Waals surface area contributed by atoms with Gasteiger partial charge >= 0.3 is 5.97 Å². The second-order valence-corrected chi connectivity index (χ2v) is 7.48. The van der Waals surface area contributed by atoms with E-state index in [1.165, 1.54) is 28.8 Å². The zero-order chi connectivity index (χ0) is 21.6. The van der Waals surface area contributed by atoms with Gasteiger partial charge in [-0.15, -0.1) is 0 Å². The van der Waals surface area contributed by atoms with Crippen LogP contribution in [0.1, 0.15) is 27.1 Å². The maximum Gasteiger partial charge on any atom is 0.329 e. The van der Waals surface area contributed by atoms with Gasteiger partial charge in [-0.2, -0.15) is 11.8 Å². The van der Waals surface area contributed by atoms with Crippen molar-refractivity contribution in [3.8, 4) is 0 Å². The first kappa shape index (κ1) is 22.4. The summed E-state index contributed by atoms with van der Waals surface area (Å²) < 4.78 is 5.03. The molecule has 9 nitrogen and oxygen atoms in total. The molecule has 1 heterocycles. The van der Waals surface area contributed by atoms with E-state index < -0.39 is 36.3 Å². The summed E-state index contributed by atoms with van der Waals surface area (Å²) in [6.07, 6.45) is 2.03. The third-order valence-electron chi connectivity index (χ3n) is 4.29. The summed E-state index contributed by atoms with van der Waals surface area (Å²) in [7, 11) is 3.10. The summed E-state index contributed by atoms with van der Waals surface area (Å²) in [4.78, 5) is 63.5. The van der Waals surface area contributed by atoms with Gasteiger partial charge in [-0.3, -0.25) is 24.1 Å². The predicted molar refractivity (Wildman–Crippen MR) is 106 cm³/mol. The first-order chi connectivity index (χ1) is 13.8. The van der Waals surface area contributed by atoms with Crippen molar-refractivity contribution in [3.63, 3.8) is 0 Å². The van der Waals surface area contributed by atoms with E-state index in [4.69, 9.17) is 4.74 Å². The first-order valence-electron chi connectivity index (χ1n) is 8.87. The SMILES string of the molecule is CSCC[C@@H](C(=O)OCC(=O)NCC(=O)N(C)C)N1C(=O)c2ccccc2C1=O. The summed E-state index contributed by atoms with van der Waals surface area (Å²) >= 11 is 1.45. The number of imide groups is 1. The summed E-state index contributed by atoms with van der Waals surface area (Å²) in [5.74, 6) is -2.42. The Bertz CT molecular complexity index is 791. The van der Waals surface area contributed by atoms with Crippen LogP contribution in [0.15, 0.2) is 24.3 Å². The van der Waals surface area contributed by atoms with E-state index in [-0.39, 0.29) is 30.0 Å². The normalized spacial score (nSPS) is 13.7. The van der Waals surface area contributed by atoms with Crippen molar-refractivity contribution in [1.82, 2.24) is 15.1 Å². The van der Waals surface area contributed by atoms with Gasteiger partial charge in [-0.25, -0.2) is 4.79 Å². The van der Waals surface area contributed by atoms with E-state index in [0.29, 0.717) is 5.75 Å². The highest BCUT2D eigenvalue weighted by molar-refractivity contribution is 7.98. The number of thioether (sulfide) groups is 1. The quantitative estimate of drug-likeness (QED) is 0.446. The molecule has 1 aromatic carbocycles. The van der Waals surface area contributed by atoms with Crippen LogP contribution in [0.2, 0.25) is 0 Å². The van der Waals surface area contributed by atoms with Crippen molar-refractivity contribution in [1.29, 1.82) is 0 Å². The molecule has 0 spiro atoms. The largest absolute Gasteiger partial charge is 0.454 e. The molecule has 29 heavy (non-hydrogen) atoms. The van der Waals surface area contributed by atoms with Gasteiger partial charge in [-0.05, 0) is 30.6 Å². The number of hydrogen-bond acceptors (Lipinski definition) is 7. The van der Waals surface area contributed by atoms with Crippen LogP contribution in [0.25, 0.3) is 0 Å². The summed E-state index contributed by atoms with van der Waals surface area (Å²) in [6.45, 7) is -0.837. The van der Waals surface area contributed by atoms with Gasteiger partial charge in [0.1, 0.15) is 6.04 Å². The zero-order valence-corrected chi connectivity index (χ0v) is 17.3. The molecule has 2 rings (SSSR count). The van der Waals surface area contributed by atoms with Gasteiger partial charge in [0.25, 0.3) is 17.7 Å². The minimum atomic E-state index is -1.13. The molecule has 0 aliphatic carbocycles. The van der Waals surface area contributed by atoms with E-state index in [1.54, 1.807) is 26.2 Å². The maximum atomic E-state index is 12.7. The highest BCUT2D eigenvalue weighted by Gasteiger charge is 2.43. The molecule has 0 radical (unpaired) electrons. The molecule has 1 N–H and O–H groups in total. The molecule has 1 aromatic rings. The molecule has 10 heteroatoms. The van der Waals surface area contributed by atoms with Crippen molar-refractivity contribution in [2.45, 2.75) is 12.5 Å². The Morgan fingerprint density at radius 2 is 1.72 bits per heavy atom. The summed E-state index contributed by atoms with van der Waals surface area (Å²) in [6, 6.07) is 5.21. The average Bonchev–Trinajstić information content (AvgIpc) is 2.96. The zero-order valence-electron chi connectivity index (χ0n) is 16.5. The van der Waals surface area contributed by atoms with Crippen LogP contribution in [0, 0.1) is 0 Å². The second-order valence-electron chi connectivity index (χ2n) is 6.50. The van der Waals surface area contributed by atoms with E-state index in [2.05, 4.69) is 5.32 Å². The molecule has 0 saturated carbocycles. The lowest BCUT2D eigenvalue weighted by atomic mass is 10.1. The van der Waals surface area contributed by atoms with Crippen LogP contribution in [0.3, 0.4) is 0 Å². The first-order valence-corrected chi connectivity index (χ1v) is 10.3. The number of nitrogens with one attached hydrogen (secondary N) is 1. The molecule has 1 aliphatic rings. The minimum absolute atomic E-state index is 0.201. The molecule has 1 aliphatic heterocycles. The molecular weight excluding hydrogens is 398 g/mol. The van der Waals surface area contributed by atoms with Gasteiger partial charge in [0.15, 0.2) is 6.61 Å². The monoisotopic (exact) mass is 421 g/mol. The highest BCUT2D eigenvalue weighted by atomic mass is 32.2. The van der Waals surface area contributed by atoms with E-state index in [1.807, 2.05) is 6.26 Å². The van der Waals surface area contributed by atoms with Gasteiger partial charge in [0.2, 0.25) is 5.91 Å². The topological polar surface area (TPSA) is 113 Å². The van der Waals surface area contributed by atoms with Crippen LogP contribution in [0.5, 0.6) is 0 Å². The Kier molecular flexibility index (Phi) is 7.77. The minimum Gasteiger partial charge on any atom is -0.454 e. The Labute approximate surface area is 172 Å². The highest BCUT2D eigenvalue weighted by Crippen LogP contribution is 2.26. The fourth-order valence-corrected chi connectivity index (χ4v) is 3.15. The Balaban J connectivity index is 2.04. The number of benzene rings is 1. The molecule has 0 unspecified atom stereocenters. The average molecular weight is 421 g/mol. The number of amides is 4. The van der Waals surface area contributed by atoms with Crippen molar-refractivity contribution in [2.75, 3.05) is 39.3 Å². The molecule has 156 valence electrons. The van der Waals surface area contributed by atoms with Crippen molar-refractivity contribution >= 4 is 41.4 Å². The van der Waals surface area contributed by atoms with E-state index in [9.17, 15) is 24.0 Å². The van der Waals surface area contributed by atoms with Crippen LogP contribution < -0.4 is 5.32 Å². The van der Waals surface area contributed by atoms with Crippen LogP contribution in [0.4, 0.5) is 0 Å². The molecular formula is C19H23N3O6S. The number of rotatable bonds is 9. The van der Waals surface area contributed by atoms with Gasteiger partial charge in [-0.1, -0.05) is 12.1 Å². The molecule has 0 aromatic heterocycles. The van der Waals surface area contributed by atoms with Crippen LogP contribution in [-0.4, -0.2) is 84.7 Å². The number of carbonyl (C=O) groups is 5. The molecule has 1 atom stereocenters. The Morgan fingerprint density at radius 1 is 1.14 bits per heavy atom. The molecule has 0 bridgehead atoms. The van der Waals surface area contributed by atoms with Gasteiger partial charge in [0, 0.05) is 14.1 Å². The summed E-state index contributed by atoms with van der Waals surface area (Å²) in [5, 5.41) is 2.34. The van der Waals surface area contributed by atoms with Crippen LogP contribution >= 0.6 is 11.8 Å². The standard InChI is InChI=1S/C19H23N3O6S/c1-21(2)16(24)10-20-15(23)11-28-19(27)14(8-9-29-3)22-17(25)12-6-4-5-7-13(12)18(22)26/h4-7,14H,8-11H2,1-3H3,(H,20,23)/t14-/m0/s1. The lowest BCUT2D eigenvalue weighted by molar-refractivity contribution is -0.152. The maximum absolute atomic E-state index is 12.7. The number of fused-ring (bicyclic) bond motifs is 1. The Morgan fingerprint density at radius 3 is 2.24 bits per heavy atom. The van der Waals surface area contributed by atoms with Gasteiger partial charge < -0.3 is 15.0 Å². The third-order valence-corrected chi connectivity index (χ3v) is 4.93. The van der Waals surface area contributed by atoms with E-state index in [0.717, 1.165) is 4.90 Å². The lowest BCUT2D eigenvalue weighted by Crippen LogP contribution is -2.47. The second kappa shape index (κ2) is 10.1. The fourth-order valence-electron chi connectivity index (χ4n) is 2.69. The van der Waals surface area contributed by atoms with Crippen molar-refractivity contribution < 1.29 is 28.7 Å². The molecule has 0 fully saturated rings. The number of nitrogens with zero attached hydrogens (tertiary/aromatic N) is 2. The molecule has 4 amide bonds.